The molecular formula is C21H30N4O. The largest absolute Gasteiger partial charge is 0.336 e. The first-order chi connectivity index (χ1) is 12.5. The maximum absolute atomic E-state index is 12.7. The number of benzene rings is 1. The van der Waals surface area contributed by atoms with Gasteiger partial charge in [0.05, 0.1) is 0 Å². The highest BCUT2D eigenvalue weighted by atomic mass is 16.2. The molecule has 1 aromatic heterocycles. The van der Waals surface area contributed by atoms with Crippen LogP contribution in [0.1, 0.15) is 47.1 Å². The van der Waals surface area contributed by atoms with Gasteiger partial charge in [0.25, 0.3) is 5.91 Å². The number of nitrogens with zero attached hydrogens (tertiary/aromatic N) is 4. The Kier molecular flexibility index (Phi) is 5.77. The second-order valence-corrected chi connectivity index (χ2v) is 7.57. The second-order valence-electron chi connectivity index (χ2n) is 7.57. The van der Waals surface area contributed by atoms with E-state index in [1.165, 1.54) is 11.1 Å². The van der Waals surface area contributed by atoms with Gasteiger partial charge in [-0.25, -0.2) is 4.98 Å². The fourth-order valence-corrected chi connectivity index (χ4v) is 3.49. The molecule has 0 bridgehead atoms. The number of hydrogen-bond donors (Lipinski definition) is 0. The number of imidazole rings is 1. The van der Waals surface area contributed by atoms with Crippen molar-refractivity contribution in [1.29, 1.82) is 0 Å². The van der Waals surface area contributed by atoms with Crippen LogP contribution in [-0.4, -0.2) is 58.0 Å². The molecule has 140 valence electrons. The Bertz CT molecular complexity index is 757. The number of rotatable bonds is 5. The summed E-state index contributed by atoms with van der Waals surface area (Å²) >= 11 is 0. The van der Waals surface area contributed by atoms with Crippen molar-refractivity contribution in [2.75, 3.05) is 32.7 Å². The molecule has 0 saturated carbocycles. The van der Waals surface area contributed by atoms with Gasteiger partial charge in [-0.05, 0) is 37.1 Å². The van der Waals surface area contributed by atoms with Crippen molar-refractivity contribution in [3.8, 4) is 0 Å². The Balaban J connectivity index is 1.51. The van der Waals surface area contributed by atoms with E-state index < -0.39 is 0 Å². The average Bonchev–Trinajstić information content (AvgIpc) is 3.11. The second kappa shape index (κ2) is 8.04. The SMILES string of the molecule is Cc1ccc(C(=O)N2CCN(CCn3ccnc3C(C)C)CC2)cc1C. The summed E-state index contributed by atoms with van der Waals surface area (Å²) in [4.78, 5) is 21.6. The van der Waals surface area contributed by atoms with E-state index in [1.807, 2.05) is 29.3 Å². The molecule has 2 aromatic rings. The predicted octanol–water partition coefficient (Wildman–Crippen LogP) is 3.08. The Hall–Kier alpha value is -2.14. The van der Waals surface area contributed by atoms with Crippen LogP contribution in [0.4, 0.5) is 0 Å². The molecule has 0 radical (unpaired) electrons. The summed E-state index contributed by atoms with van der Waals surface area (Å²) in [5, 5.41) is 0. The first kappa shape index (κ1) is 18.6. The van der Waals surface area contributed by atoms with Gasteiger partial charge in [-0.15, -0.1) is 0 Å². The van der Waals surface area contributed by atoms with Crippen LogP contribution in [-0.2, 0) is 6.54 Å². The molecule has 0 spiro atoms. The minimum atomic E-state index is 0.157. The van der Waals surface area contributed by atoms with Gasteiger partial charge in [0, 0.05) is 63.1 Å². The first-order valence-corrected chi connectivity index (χ1v) is 9.55. The molecule has 5 nitrogen and oxygen atoms in total. The molecule has 1 aliphatic rings. The highest BCUT2D eigenvalue weighted by Crippen LogP contribution is 2.15. The minimum absolute atomic E-state index is 0.157. The van der Waals surface area contributed by atoms with Crippen molar-refractivity contribution in [2.24, 2.45) is 0 Å². The Labute approximate surface area is 156 Å². The van der Waals surface area contributed by atoms with Crippen molar-refractivity contribution in [2.45, 2.75) is 40.2 Å². The summed E-state index contributed by atoms with van der Waals surface area (Å²) in [7, 11) is 0. The zero-order valence-electron chi connectivity index (χ0n) is 16.4. The number of aromatic nitrogens is 2. The average molecular weight is 354 g/mol. The number of aryl methyl sites for hydroxylation is 2. The van der Waals surface area contributed by atoms with Crippen molar-refractivity contribution in [3.63, 3.8) is 0 Å². The maximum Gasteiger partial charge on any atom is 0.253 e. The lowest BCUT2D eigenvalue weighted by atomic mass is 10.1. The zero-order valence-corrected chi connectivity index (χ0v) is 16.4. The third-order valence-electron chi connectivity index (χ3n) is 5.33. The van der Waals surface area contributed by atoms with Crippen LogP contribution in [0.5, 0.6) is 0 Å². The van der Waals surface area contributed by atoms with E-state index in [1.54, 1.807) is 0 Å². The molecule has 1 saturated heterocycles. The molecule has 3 rings (SSSR count). The highest BCUT2D eigenvalue weighted by Gasteiger charge is 2.22. The van der Waals surface area contributed by atoms with Crippen molar-refractivity contribution in [3.05, 3.63) is 53.1 Å². The van der Waals surface area contributed by atoms with E-state index >= 15 is 0 Å². The Morgan fingerprint density at radius 3 is 2.46 bits per heavy atom. The van der Waals surface area contributed by atoms with E-state index in [0.29, 0.717) is 5.92 Å². The maximum atomic E-state index is 12.7. The van der Waals surface area contributed by atoms with Gasteiger partial charge in [0.15, 0.2) is 0 Å². The first-order valence-electron chi connectivity index (χ1n) is 9.55. The normalized spacial score (nSPS) is 15.7. The van der Waals surface area contributed by atoms with Crippen molar-refractivity contribution >= 4 is 5.91 Å². The number of piperazine rings is 1. The van der Waals surface area contributed by atoms with Crippen LogP contribution in [0, 0.1) is 13.8 Å². The number of carbonyl (C=O) groups is 1. The van der Waals surface area contributed by atoms with E-state index in [-0.39, 0.29) is 5.91 Å². The molecule has 1 aliphatic heterocycles. The molecular weight excluding hydrogens is 324 g/mol. The summed E-state index contributed by atoms with van der Waals surface area (Å²) in [6.45, 7) is 13.9. The van der Waals surface area contributed by atoms with Crippen LogP contribution in [0.15, 0.2) is 30.6 Å². The molecule has 0 atom stereocenters. The van der Waals surface area contributed by atoms with Gasteiger partial charge in [0.2, 0.25) is 0 Å². The fraction of sp³-hybridized carbons (Fsp3) is 0.524. The Morgan fingerprint density at radius 2 is 1.81 bits per heavy atom. The minimum Gasteiger partial charge on any atom is -0.336 e. The number of amides is 1. The van der Waals surface area contributed by atoms with Crippen molar-refractivity contribution < 1.29 is 4.79 Å². The van der Waals surface area contributed by atoms with Crippen LogP contribution in [0.25, 0.3) is 0 Å². The summed E-state index contributed by atoms with van der Waals surface area (Å²) in [5.74, 6) is 1.75. The summed E-state index contributed by atoms with van der Waals surface area (Å²) < 4.78 is 2.25. The highest BCUT2D eigenvalue weighted by molar-refractivity contribution is 5.94. The molecule has 2 heterocycles. The number of hydrogen-bond acceptors (Lipinski definition) is 3. The molecule has 26 heavy (non-hydrogen) atoms. The van der Waals surface area contributed by atoms with Crippen LogP contribution >= 0.6 is 0 Å². The van der Waals surface area contributed by atoms with E-state index in [0.717, 1.165) is 50.7 Å². The predicted molar refractivity (Wildman–Crippen MR) is 105 cm³/mol. The lowest BCUT2D eigenvalue weighted by Crippen LogP contribution is -2.49. The van der Waals surface area contributed by atoms with Crippen molar-refractivity contribution in [1.82, 2.24) is 19.4 Å². The molecule has 1 amide bonds. The molecule has 1 aromatic carbocycles. The van der Waals surface area contributed by atoms with Gasteiger partial charge in [-0.3, -0.25) is 9.69 Å². The standard InChI is InChI=1S/C21H30N4O/c1-16(2)20-22-7-8-24(20)12-9-23-10-13-25(14-11-23)21(26)19-6-5-17(3)18(4)15-19/h5-8,15-16H,9-14H2,1-4H3. The van der Waals surface area contributed by atoms with Gasteiger partial charge >= 0.3 is 0 Å². The Morgan fingerprint density at radius 1 is 1.08 bits per heavy atom. The fourth-order valence-electron chi connectivity index (χ4n) is 3.49. The quantitative estimate of drug-likeness (QED) is 0.829. The number of carbonyl (C=O) groups excluding carboxylic acids is 1. The van der Waals surface area contributed by atoms with Crippen LogP contribution in [0.2, 0.25) is 0 Å². The van der Waals surface area contributed by atoms with Crippen LogP contribution < -0.4 is 0 Å². The van der Waals surface area contributed by atoms with Gasteiger partial charge < -0.3 is 9.47 Å². The topological polar surface area (TPSA) is 41.4 Å². The van der Waals surface area contributed by atoms with Gasteiger partial charge in [-0.1, -0.05) is 19.9 Å². The molecule has 0 aliphatic carbocycles. The molecule has 0 N–H and O–H groups in total. The monoisotopic (exact) mass is 354 g/mol. The molecule has 1 fully saturated rings. The smallest absolute Gasteiger partial charge is 0.253 e. The zero-order chi connectivity index (χ0) is 18.7. The third kappa shape index (κ3) is 4.15. The van der Waals surface area contributed by atoms with E-state index in [4.69, 9.17) is 0 Å². The summed E-state index contributed by atoms with van der Waals surface area (Å²) in [6.07, 6.45) is 3.95. The van der Waals surface area contributed by atoms with E-state index in [2.05, 4.69) is 48.3 Å². The van der Waals surface area contributed by atoms with E-state index in [9.17, 15) is 4.79 Å². The van der Waals surface area contributed by atoms with Crippen LogP contribution in [0.3, 0.4) is 0 Å². The summed E-state index contributed by atoms with van der Waals surface area (Å²) in [6, 6.07) is 6.00. The third-order valence-corrected chi connectivity index (χ3v) is 5.33. The van der Waals surface area contributed by atoms with Gasteiger partial charge in [-0.2, -0.15) is 0 Å². The lowest BCUT2D eigenvalue weighted by molar-refractivity contribution is 0.0633. The summed E-state index contributed by atoms with van der Waals surface area (Å²) in [5.41, 5.74) is 3.21. The molecule has 0 unspecified atom stereocenters. The molecule has 5 heteroatoms. The lowest BCUT2D eigenvalue weighted by Gasteiger charge is -2.35. The van der Waals surface area contributed by atoms with Gasteiger partial charge in [0.1, 0.15) is 5.82 Å².